The molecule has 254 valence electrons. The van der Waals surface area contributed by atoms with E-state index in [9.17, 15) is 0 Å². The third-order valence-electron chi connectivity index (χ3n) is 11.3. The van der Waals surface area contributed by atoms with Crippen LogP contribution in [-0.2, 0) is 0 Å². The van der Waals surface area contributed by atoms with Gasteiger partial charge in [-0.3, -0.25) is 0 Å². The first-order valence-electron chi connectivity index (χ1n) is 18.4. The van der Waals surface area contributed by atoms with Crippen molar-refractivity contribution in [3.63, 3.8) is 0 Å². The molecule has 8 aromatic carbocycles. The molecule has 10 rings (SSSR count). The second-order valence-corrected chi connectivity index (χ2v) is 22.0. The molecule has 0 unspecified atom stereocenters. The normalized spacial score (nSPS) is 13.5. The number of hydrogen-bond acceptors (Lipinski definition) is 0. The van der Waals surface area contributed by atoms with E-state index in [0.29, 0.717) is 0 Å². The fourth-order valence-electron chi connectivity index (χ4n) is 8.80. The van der Waals surface area contributed by atoms with Gasteiger partial charge in [0.25, 0.3) is 0 Å². The van der Waals surface area contributed by atoms with Crippen LogP contribution in [0.15, 0.2) is 220 Å². The predicted molar refractivity (Wildman–Crippen MR) is 228 cm³/mol. The van der Waals surface area contributed by atoms with Gasteiger partial charge in [-0.05, 0) is 99.4 Å². The van der Waals surface area contributed by atoms with Gasteiger partial charge in [0.05, 0.1) is 11.0 Å². The Kier molecular flexibility index (Phi) is 7.43. The topological polar surface area (TPSA) is 4.93 Å². The first kappa shape index (κ1) is 31.8. The summed E-state index contributed by atoms with van der Waals surface area (Å²) < 4.78 is 2.44. The van der Waals surface area contributed by atoms with Gasteiger partial charge in [-0.2, -0.15) is 0 Å². The molecule has 9 aromatic rings. The van der Waals surface area contributed by atoms with Crippen molar-refractivity contribution in [1.82, 2.24) is 4.57 Å². The number of nitrogens with zero attached hydrogens (tertiary/aromatic N) is 1. The van der Waals surface area contributed by atoms with Crippen LogP contribution in [0.5, 0.6) is 0 Å². The fraction of sp³-hybridized carbons (Fsp3) is 0.0400. The Morgan fingerprint density at radius 2 is 0.906 bits per heavy atom. The van der Waals surface area contributed by atoms with E-state index < -0.39 is 18.1 Å². The van der Waals surface area contributed by atoms with Gasteiger partial charge in [-0.25, -0.2) is 0 Å². The highest BCUT2D eigenvalue weighted by molar-refractivity contribution is 8.34. The van der Waals surface area contributed by atoms with Crippen LogP contribution in [0.3, 0.4) is 0 Å². The Morgan fingerprint density at radius 3 is 1.62 bits per heavy atom. The summed E-state index contributed by atoms with van der Waals surface area (Å²) in [6, 6.07) is 75.0. The van der Waals surface area contributed by atoms with Gasteiger partial charge in [0, 0.05) is 36.0 Å². The molecule has 3 heteroatoms. The van der Waals surface area contributed by atoms with Crippen molar-refractivity contribution in [3.05, 3.63) is 200 Å². The Balaban J connectivity index is 1.19. The van der Waals surface area contributed by atoms with Crippen LogP contribution in [0.25, 0.3) is 49.7 Å². The van der Waals surface area contributed by atoms with Gasteiger partial charge in [0.15, 0.2) is 0 Å². The Hall–Kier alpha value is -5.87. The molecule has 0 radical (unpaired) electrons. The number of rotatable bonds is 6. The van der Waals surface area contributed by atoms with Gasteiger partial charge in [-0.1, -0.05) is 147 Å². The van der Waals surface area contributed by atoms with E-state index in [1.165, 1.54) is 74.5 Å². The van der Waals surface area contributed by atoms with E-state index in [-0.39, 0.29) is 0 Å². The summed E-state index contributed by atoms with van der Waals surface area (Å²) in [5, 5.41) is 5.62. The molecule has 1 aromatic heterocycles. The van der Waals surface area contributed by atoms with Crippen LogP contribution in [-0.4, -0.2) is 12.6 Å². The maximum Gasteiger partial charge on any atom is 0.113 e. The van der Waals surface area contributed by atoms with Gasteiger partial charge < -0.3 is 4.57 Å². The lowest BCUT2D eigenvalue weighted by Gasteiger charge is -2.42. The highest BCUT2D eigenvalue weighted by Crippen LogP contribution is 2.73. The quantitative estimate of drug-likeness (QED) is 0.151. The molecule has 0 saturated carbocycles. The van der Waals surface area contributed by atoms with Crippen LogP contribution in [0.2, 0.25) is 13.1 Å². The van der Waals surface area contributed by atoms with E-state index in [4.69, 9.17) is 0 Å². The van der Waals surface area contributed by atoms with Crippen molar-refractivity contribution < 1.29 is 0 Å². The standard InChI is InChI=1S/C50H39NSSi/c1-53(2)49-25-15-13-23-45(49)46-32-28-37(34-50(46)53)36-26-29-41(30-27-36)52(39-18-8-4-9-19-39,40-20-10-5-11-21-40)42-31-33-44-43-22-12-14-24-47(43)51(48(44)35-42)38-16-6-3-7-17-38/h3-35H,1-2H3. The predicted octanol–water partition coefficient (Wildman–Crippen LogP) is 12.6. The summed E-state index contributed by atoms with van der Waals surface area (Å²) in [6.45, 7) is 4.99. The number of hydrogen-bond donors (Lipinski definition) is 0. The van der Waals surface area contributed by atoms with Gasteiger partial charge in [-0.15, -0.1) is 10.0 Å². The minimum atomic E-state index is -1.91. The third-order valence-corrected chi connectivity index (χ3v) is 18.8. The van der Waals surface area contributed by atoms with Crippen molar-refractivity contribution in [2.24, 2.45) is 0 Å². The van der Waals surface area contributed by atoms with Crippen molar-refractivity contribution in [2.45, 2.75) is 32.7 Å². The molecule has 1 nitrogen and oxygen atoms in total. The maximum absolute atomic E-state index is 2.50. The van der Waals surface area contributed by atoms with E-state index >= 15 is 0 Å². The first-order valence-corrected chi connectivity index (χ1v) is 23.1. The van der Waals surface area contributed by atoms with Crippen molar-refractivity contribution in [1.29, 1.82) is 0 Å². The summed E-state index contributed by atoms with van der Waals surface area (Å²) in [6.07, 6.45) is 0. The molecule has 2 heterocycles. The summed E-state index contributed by atoms with van der Waals surface area (Å²) in [5.41, 5.74) is 8.99. The molecule has 1 aliphatic heterocycles. The Bertz CT molecular complexity index is 2750. The van der Waals surface area contributed by atoms with Crippen molar-refractivity contribution in [3.8, 4) is 27.9 Å². The zero-order chi connectivity index (χ0) is 35.6. The summed E-state index contributed by atoms with van der Waals surface area (Å²) in [7, 11) is -3.69. The molecule has 1 aliphatic rings. The molecule has 0 fully saturated rings. The molecule has 0 saturated heterocycles. The van der Waals surface area contributed by atoms with Crippen LogP contribution >= 0.6 is 10.0 Å². The molecule has 0 atom stereocenters. The minimum absolute atomic E-state index is 1.17. The zero-order valence-electron chi connectivity index (χ0n) is 29.9. The SMILES string of the molecule is C[Si]1(C)c2ccccc2-c2ccc(-c3ccc(S(c4ccccc4)(c4ccccc4)c4ccc5c6ccccc6n(-c6ccccc6)c5c4)cc3)cc21. The monoisotopic (exact) mass is 713 g/mol. The lowest BCUT2D eigenvalue weighted by molar-refractivity contribution is 1.17. The van der Waals surface area contributed by atoms with E-state index in [2.05, 4.69) is 218 Å². The van der Waals surface area contributed by atoms with Crippen LogP contribution in [0.1, 0.15) is 0 Å². The summed E-state index contributed by atoms with van der Waals surface area (Å²) in [5.74, 6) is 0. The van der Waals surface area contributed by atoms with Gasteiger partial charge >= 0.3 is 0 Å². The number of aromatic nitrogens is 1. The van der Waals surface area contributed by atoms with Crippen molar-refractivity contribution >= 4 is 50.3 Å². The smallest absolute Gasteiger partial charge is 0.113 e. The molecule has 0 aliphatic carbocycles. The zero-order valence-corrected chi connectivity index (χ0v) is 31.7. The molecule has 0 bridgehead atoms. The second-order valence-electron chi connectivity index (χ2n) is 14.6. The van der Waals surface area contributed by atoms with E-state index in [0.717, 1.165) is 0 Å². The summed E-state index contributed by atoms with van der Waals surface area (Å²) >= 11 is 0. The van der Waals surface area contributed by atoms with Gasteiger partial charge in [0.2, 0.25) is 0 Å². The van der Waals surface area contributed by atoms with Gasteiger partial charge in [0.1, 0.15) is 8.07 Å². The highest BCUT2D eigenvalue weighted by Gasteiger charge is 2.38. The fourth-order valence-corrected chi connectivity index (χ4v) is 15.8. The lowest BCUT2D eigenvalue weighted by atomic mass is 10.0. The first-order chi connectivity index (χ1) is 26.0. The molecular weight excluding hydrogens is 675 g/mol. The van der Waals surface area contributed by atoms with Crippen LogP contribution < -0.4 is 10.4 Å². The largest absolute Gasteiger partial charge is 0.309 e. The average molecular weight is 714 g/mol. The molecule has 0 amide bonds. The van der Waals surface area contributed by atoms with E-state index in [1.807, 2.05) is 0 Å². The van der Waals surface area contributed by atoms with Crippen LogP contribution in [0, 0.1) is 0 Å². The van der Waals surface area contributed by atoms with Crippen LogP contribution in [0.4, 0.5) is 0 Å². The number of fused-ring (bicyclic) bond motifs is 6. The van der Waals surface area contributed by atoms with E-state index in [1.54, 1.807) is 5.19 Å². The highest BCUT2D eigenvalue weighted by atomic mass is 32.3. The number of benzene rings is 8. The number of para-hydroxylation sites is 2. The molecule has 0 spiro atoms. The maximum atomic E-state index is 2.50. The molecular formula is C50H39NSSi. The Labute approximate surface area is 314 Å². The third kappa shape index (κ3) is 4.85. The van der Waals surface area contributed by atoms with Crippen molar-refractivity contribution in [2.75, 3.05) is 0 Å². The lowest BCUT2D eigenvalue weighted by Crippen LogP contribution is -2.49. The second kappa shape index (κ2) is 12.4. The average Bonchev–Trinajstić information content (AvgIpc) is 3.67. The minimum Gasteiger partial charge on any atom is -0.309 e. The Morgan fingerprint density at radius 1 is 0.377 bits per heavy atom. The molecule has 53 heavy (non-hydrogen) atoms. The summed E-state index contributed by atoms with van der Waals surface area (Å²) in [4.78, 5) is 5.29. The molecule has 0 N–H and O–H groups in total.